The molecule has 0 aliphatic carbocycles. The van der Waals surface area contributed by atoms with E-state index in [-0.39, 0.29) is 23.2 Å². The van der Waals surface area contributed by atoms with E-state index in [9.17, 15) is 18.0 Å². The molecule has 0 bridgehead atoms. The minimum absolute atomic E-state index is 0.0834. The highest BCUT2D eigenvalue weighted by Crippen LogP contribution is 2.22. The third kappa shape index (κ3) is 6.28. The molecule has 4 nitrogen and oxygen atoms in total. The summed E-state index contributed by atoms with van der Waals surface area (Å²) in [6.07, 6.45) is 0. The SMILES string of the molecule is C[NH+](CC(=O)Nc1ccc(F)cc1Cl)Cc1ccc(OC(F)F)cc1. The Morgan fingerprint density at radius 3 is 2.52 bits per heavy atom. The number of ether oxygens (including phenoxy) is 1. The Kier molecular flexibility index (Phi) is 6.66. The third-order valence-corrected chi connectivity index (χ3v) is 3.63. The summed E-state index contributed by atoms with van der Waals surface area (Å²) in [4.78, 5) is 12.9. The second kappa shape index (κ2) is 8.73. The van der Waals surface area contributed by atoms with E-state index in [2.05, 4.69) is 10.1 Å². The number of anilines is 1. The van der Waals surface area contributed by atoms with E-state index < -0.39 is 12.4 Å². The van der Waals surface area contributed by atoms with Gasteiger partial charge in [-0.2, -0.15) is 8.78 Å². The number of alkyl halides is 2. The van der Waals surface area contributed by atoms with Crippen molar-refractivity contribution in [2.24, 2.45) is 0 Å². The van der Waals surface area contributed by atoms with Gasteiger partial charge in [-0.15, -0.1) is 0 Å². The van der Waals surface area contributed by atoms with E-state index >= 15 is 0 Å². The van der Waals surface area contributed by atoms with Crippen molar-refractivity contribution in [3.05, 3.63) is 58.9 Å². The van der Waals surface area contributed by atoms with Crippen molar-refractivity contribution in [3.63, 3.8) is 0 Å². The van der Waals surface area contributed by atoms with Gasteiger partial charge in [0.15, 0.2) is 6.54 Å². The maximum atomic E-state index is 13.0. The first-order valence-electron chi connectivity index (χ1n) is 7.43. The molecular weight excluding hydrogens is 357 g/mol. The first kappa shape index (κ1) is 19.1. The van der Waals surface area contributed by atoms with Crippen LogP contribution in [0.5, 0.6) is 5.75 Å². The van der Waals surface area contributed by atoms with Gasteiger partial charge in [-0.05, 0) is 42.5 Å². The smallest absolute Gasteiger partial charge is 0.387 e. The van der Waals surface area contributed by atoms with Crippen molar-refractivity contribution < 1.29 is 27.6 Å². The molecule has 0 saturated carbocycles. The first-order chi connectivity index (χ1) is 11.8. The zero-order chi connectivity index (χ0) is 18.4. The Bertz CT molecular complexity index is 726. The number of hydrogen-bond acceptors (Lipinski definition) is 2. The topological polar surface area (TPSA) is 42.8 Å². The van der Waals surface area contributed by atoms with Crippen LogP contribution in [0.25, 0.3) is 0 Å². The first-order valence-corrected chi connectivity index (χ1v) is 7.81. The molecule has 134 valence electrons. The average molecular weight is 374 g/mol. The van der Waals surface area contributed by atoms with Crippen molar-refractivity contribution in [3.8, 4) is 5.75 Å². The van der Waals surface area contributed by atoms with Gasteiger partial charge in [0.1, 0.15) is 18.1 Å². The van der Waals surface area contributed by atoms with Crippen LogP contribution < -0.4 is 15.0 Å². The lowest BCUT2D eigenvalue weighted by molar-refractivity contribution is -0.885. The number of carbonyl (C=O) groups is 1. The van der Waals surface area contributed by atoms with Crippen molar-refractivity contribution >= 4 is 23.2 Å². The van der Waals surface area contributed by atoms with Crippen LogP contribution in [-0.2, 0) is 11.3 Å². The van der Waals surface area contributed by atoms with Crippen LogP contribution in [0.4, 0.5) is 18.9 Å². The summed E-state index contributed by atoms with van der Waals surface area (Å²) in [5, 5.41) is 2.75. The Hall–Kier alpha value is -2.25. The van der Waals surface area contributed by atoms with E-state index in [0.717, 1.165) is 16.5 Å². The maximum absolute atomic E-state index is 13.0. The normalized spacial score (nSPS) is 12.1. The van der Waals surface area contributed by atoms with Crippen LogP contribution in [0, 0.1) is 5.82 Å². The second-order valence-corrected chi connectivity index (χ2v) is 5.91. The van der Waals surface area contributed by atoms with Gasteiger partial charge in [0.2, 0.25) is 0 Å². The Morgan fingerprint density at radius 2 is 1.92 bits per heavy atom. The summed E-state index contributed by atoms with van der Waals surface area (Å²) in [6.45, 7) is -2.19. The van der Waals surface area contributed by atoms with Crippen LogP contribution in [0.3, 0.4) is 0 Å². The van der Waals surface area contributed by atoms with Crippen LogP contribution >= 0.6 is 11.6 Å². The number of rotatable bonds is 7. The Morgan fingerprint density at radius 1 is 1.24 bits per heavy atom. The maximum Gasteiger partial charge on any atom is 0.387 e. The number of carbonyl (C=O) groups excluding carboxylic acids is 1. The van der Waals surface area contributed by atoms with E-state index in [1.165, 1.54) is 24.3 Å². The number of amides is 1. The largest absolute Gasteiger partial charge is 0.435 e. The molecule has 0 spiro atoms. The zero-order valence-corrected chi connectivity index (χ0v) is 14.1. The summed E-state index contributed by atoms with van der Waals surface area (Å²) < 4.78 is 41.5. The number of halogens is 4. The third-order valence-electron chi connectivity index (χ3n) is 3.32. The summed E-state index contributed by atoms with van der Waals surface area (Å²) in [6, 6.07) is 9.96. The summed E-state index contributed by atoms with van der Waals surface area (Å²) in [5.41, 5.74) is 1.21. The summed E-state index contributed by atoms with van der Waals surface area (Å²) >= 11 is 5.86. The van der Waals surface area contributed by atoms with Crippen molar-refractivity contribution in [2.75, 3.05) is 18.9 Å². The molecule has 0 aliphatic heterocycles. The molecule has 8 heteroatoms. The van der Waals surface area contributed by atoms with E-state index in [4.69, 9.17) is 11.6 Å². The van der Waals surface area contributed by atoms with E-state index in [0.29, 0.717) is 12.2 Å². The molecule has 1 atom stereocenters. The minimum atomic E-state index is -2.86. The molecule has 2 rings (SSSR count). The quantitative estimate of drug-likeness (QED) is 0.783. The van der Waals surface area contributed by atoms with Gasteiger partial charge >= 0.3 is 6.61 Å². The molecular formula is C17H17ClF3N2O2+. The fraction of sp³-hybridized carbons (Fsp3) is 0.235. The number of benzene rings is 2. The van der Waals surface area contributed by atoms with Gasteiger partial charge in [-0.25, -0.2) is 4.39 Å². The highest BCUT2D eigenvalue weighted by atomic mass is 35.5. The summed E-state index contributed by atoms with van der Waals surface area (Å²) in [7, 11) is 1.81. The number of likely N-dealkylation sites (N-methyl/N-ethyl adjacent to an activating group) is 1. The predicted octanol–water partition coefficient (Wildman–Crippen LogP) is 2.73. The molecule has 2 N–H and O–H groups in total. The van der Waals surface area contributed by atoms with E-state index in [1.807, 2.05) is 7.05 Å². The second-order valence-electron chi connectivity index (χ2n) is 5.51. The fourth-order valence-electron chi connectivity index (χ4n) is 2.26. The summed E-state index contributed by atoms with van der Waals surface area (Å²) in [5.74, 6) is -0.672. The molecule has 1 amide bonds. The number of nitrogens with one attached hydrogen (secondary N) is 2. The Balaban J connectivity index is 1.86. The molecule has 0 aliphatic rings. The lowest BCUT2D eigenvalue weighted by Crippen LogP contribution is -3.08. The molecule has 0 aromatic heterocycles. The molecule has 0 saturated heterocycles. The average Bonchev–Trinajstić information content (AvgIpc) is 2.51. The molecule has 0 fully saturated rings. The molecule has 0 radical (unpaired) electrons. The zero-order valence-electron chi connectivity index (χ0n) is 13.4. The monoisotopic (exact) mass is 373 g/mol. The van der Waals surface area contributed by atoms with Crippen molar-refractivity contribution in [2.45, 2.75) is 13.2 Å². The highest BCUT2D eigenvalue weighted by molar-refractivity contribution is 6.33. The number of quaternary nitrogens is 1. The molecule has 25 heavy (non-hydrogen) atoms. The van der Waals surface area contributed by atoms with Gasteiger partial charge < -0.3 is 15.0 Å². The van der Waals surface area contributed by atoms with Crippen molar-refractivity contribution in [1.29, 1.82) is 0 Å². The van der Waals surface area contributed by atoms with Gasteiger partial charge in [-0.1, -0.05) is 11.6 Å². The van der Waals surface area contributed by atoms with Crippen LogP contribution in [0.1, 0.15) is 5.56 Å². The molecule has 0 heterocycles. The lowest BCUT2D eigenvalue weighted by atomic mass is 10.2. The number of hydrogen-bond donors (Lipinski definition) is 2. The van der Waals surface area contributed by atoms with Gasteiger partial charge in [0.05, 0.1) is 17.8 Å². The Labute approximate surface area is 148 Å². The van der Waals surface area contributed by atoms with Gasteiger partial charge in [0.25, 0.3) is 5.91 Å². The fourth-order valence-corrected chi connectivity index (χ4v) is 2.47. The van der Waals surface area contributed by atoms with Gasteiger partial charge in [0, 0.05) is 5.56 Å². The van der Waals surface area contributed by atoms with Crippen molar-refractivity contribution in [1.82, 2.24) is 0 Å². The van der Waals surface area contributed by atoms with Gasteiger partial charge in [-0.3, -0.25) is 4.79 Å². The predicted molar refractivity (Wildman–Crippen MR) is 88.6 cm³/mol. The lowest BCUT2D eigenvalue weighted by Gasteiger charge is -2.15. The molecule has 2 aromatic rings. The van der Waals surface area contributed by atoms with Crippen LogP contribution in [-0.4, -0.2) is 26.1 Å². The van der Waals surface area contributed by atoms with Crippen LogP contribution in [0.2, 0.25) is 5.02 Å². The highest BCUT2D eigenvalue weighted by Gasteiger charge is 2.13. The van der Waals surface area contributed by atoms with E-state index in [1.54, 1.807) is 12.1 Å². The molecule has 2 aromatic carbocycles. The minimum Gasteiger partial charge on any atom is -0.435 e. The van der Waals surface area contributed by atoms with Crippen LogP contribution in [0.15, 0.2) is 42.5 Å². The molecule has 1 unspecified atom stereocenters. The standard InChI is InChI=1S/C17H16ClF3N2O2/c1-23(9-11-2-5-13(6-3-11)25-17(20)21)10-16(24)22-15-7-4-12(19)8-14(15)18/h2-8,17H,9-10H2,1H3,(H,22,24)/p+1.